The maximum Gasteiger partial charge on any atom is 0.331 e. The predicted molar refractivity (Wildman–Crippen MR) is 135 cm³/mol. The van der Waals surface area contributed by atoms with Gasteiger partial charge in [0, 0.05) is 12.6 Å². The van der Waals surface area contributed by atoms with Crippen molar-refractivity contribution in [3.8, 4) is 23.0 Å². The number of esters is 1. The van der Waals surface area contributed by atoms with Gasteiger partial charge in [0.25, 0.3) is 5.91 Å². The maximum absolute atomic E-state index is 12.9. The molecule has 192 valence electrons. The summed E-state index contributed by atoms with van der Waals surface area (Å²) in [4.78, 5) is 26.9. The number of nitrogens with zero attached hydrogens (tertiary/aromatic N) is 1. The van der Waals surface area contributed by atoms with E-state index in [4.69, 9.17) is 23.7 Å². The van der Waals surface area contributed by atoms with Gasteiger partial charge in [-0.05, 0) is 67.7 Å². The van der Waals surface area contributed by atoms with Crippen LogP contribution in [0, 0.1) is 0 Å². The number of carbonyl (C=O) groups is 2. The molecule has 0 bridgehead atoms. The lowest BCUT2D eigenvalue weighted by molar-refractivity contribution is -0.148. The molecule has 8 nitrogen and oxygen atoms in total. The molecule has 0 spiro atoms. The van der Waals surface area contributed by atoms with Crippen LogP contribution in [0.1, 0.15) is 50.3 Å². The Morgan fingerprint density at radius 1 is 1.03 bits per heavy atom. The number of benzene rings is 2. The lowest BCUT2D eigenvalue weighted by atomic mass is 10.0. The average Bonchev–Trinajstić information content (AvgIpc) is 3.40. The van der Waals surface area contributed by atoms with E-state index in [1.807, 2.05) is 50.2 Å². The minimum atomic E-state index is -0.581. The zero-order valence-electron chi connectivity index (χ0n) is 20.9. The molecule has 0 aliphatic carbocycles. The fraction of sp³-hybridized carbons (Fsp3) is 0.429. The molecule has 0 aromatic heterocycles. The molecular formula is C28H33NO7. The predicted octanol–water partition coefficient (Wildman–Crippen LogP) is 4.57. The molecule has 4 rings (SSSR count). The Morgan fingerprint density at radius 2 is 1.86 bits per heavy atom. The van der Waals surface area contributed by atoms with Crippen LogP contribution in [0.2, 0.25) is 0 Å². The summed E-state index contributed by atoms with van der Waals surface area (Å²) < 4.78 is 27.9. The van der Waals surface area contributed by atoms with Crippen molar-refractivity contribution in [1.82, 2.24) is 4.90 Å². The summed E-state index contributed by atoms with van der Waals surface area (Å²) in [6.45, 7) is 6.40. The van der Waals surface area contributed by atoms with E-state index >= 15 is 0 Å². The first-order chi connectivity index (χ1) is 17.6. The van der Waals surface area contributed by atoms with Gasteiger partial charge in [-0.15, -0.1) is 0 Å². The van der Waals surface area contributed by atoms with Crippen LogP contribution in [-0.2, 0) is 14.3 Å². The normalized spacial score (nSPS) is 16.7. The van der Waals surface area contributed by atoms with Crippen molar-refractivity contribution in [2.24, 2.45) is 0 Å². The van der Waals surface area contributed by atoms with Crippen molar-refractivity contribution in [1.29, 1.82) is 0 Å². The molecule has 0 radical (unpaired) electrons. The molecule has 2 heterocycles. The van der Waals surface area contributed by atoms with Crippen LogP contribution >= 0.6 is 0 Å². The standard InChI is InChI=1S/C28H33NO7/c1-3-14-33-23-10-7-20(17-25(23)32-4-2)8-12-28(31)36-19-27(30)29-13-5-6-22(29)21-9-11-24-26(18-21)35-16-15-34-24/h7-12,17-18,22H,3-6,13-16,19H2,1-2H3/b12-8+. The monoisotopic (exact) mass is 495 g/mol. The Kier molecular flexibility index (Phi) is 8.71. The minimum absolute atomic E-state index is 0.0759. The van der Waals surface area contributed by atoms with Crippen LogP contribution < -0.4 is 18.9 Å². The molecule has 2 aliphatic heterocycles. The van der Waals surface area contributed by atoms with Gasteiger partial charge in [-0.25, -0.2) is 4.79 Å². The number of rotatable bonds is 10. The SMILES string of the molecule is CCCOc1ccc(/C=C/C(=O)OCC(=O)N2CCCC2c2ccc3c(c2)OCCO3)cc1OCC. The van der Waals surface area contributed by atoms with Crippen LogP contribution in [0.3, 0.4) is 0 Å². The lowest BCUT2D eigenvalue weighted by Gasteiger charge is -2.26. The van der Waals surface area contributed by atoms with Crippen LogP contribution in [0.15, 0.2) is 42.5 Å². The van der Waals surface area contributed by atoms with E-state index in [9.17, 15) is 9.59 Å². The highest BCUT2D eigenvalue weighted by atomic mass is 16.6. The summed E-state index contributed by atoms with van der Waals surface area (Å²) in [5, 5.41) is 0. The summed E-state index contributed by atoms with van der Waals surface area (Å²) in [6, 6.07) is 11.2. The first-order valence-corrected chi connectivity index (χ1v) is 12.5. The highest BCUT2D eigenvalue weighted by Crippen LogP contribution is 2.38. The first-order valence-electron chi connectivity index (χ1n) is 12.5. The van der Waals surface area contributed by atoms with Crippen molar-refractivity contribution in [2.75, 3.05) is 39.6 Å². The smallest absolute Gasteiger partial charge is 0.331 e. The Balaban J connectivity index is 1.33. The summed E-state index contributed by atoms with van der Waals surface area (Å²) in [6.07, 6.45) is 5.57. The molecule has 36 heavy (non-hydrogen) atoms. The zero-order chi connectivity index (χ0) is 25.3. The van der Waals surface area contributed by atoms with E-state index in [1.54, 1.807) is 11.0 Å². The van der Waals surface area contributed by atoms with E-state index in [0.29, 0.717) is 50.2 Å². The van der Waals surface area contributed by atoms with Gasteiger partial charge in [-0.2, -0.15) is 0 Å². The molecule has 1 fully saturated rings. The highest BCUT2D eigenvalue weighted by Gasteiger charge is 2.31. The number of hydrogen-bond acceptors (Lipinski definition) is 7. The van der Waals surface area contributed by atoms with Gasteiger partial charge in [-0.1, -0.05) is 19.1 Å². The molecule has 0 saturated carbocycles. The lowest BCUT2D eigenvalue weighted by Crippen LogP contribution is -2.34. The molecule has 2 aromatic rings. The van der Waals surface area contributed by atoms with Gasteiger partial charge in [0.05, 0.1) is 19.3 Å². The van der Waals surface area contributed by atoms with Crippen molar-refractivity contribution in [3.63, 3.8) is 0 Å². The van der Waals surface area contributed by atoms with Crippen molar-refractivity contribution in [3.05, 3.63) is 53.6 Å². The number of fused-ring (bicyclic) bond motifs is 1. The maximum atomic E-state index is 12.9. The molecule has 8 heteroatoms. The third-order valence-electron chi connectivity index (χ3n) is 6.00. The summed E-state index contributed by atoms with van der Waals surface area (Å²) in [5.74, 6) is 1.91. The Bertz CT molecular complexity index is 1100. The molecular weight excluding hydrogens is 462 g/mol. The fourth-order valence-electron chi connectivity index (χ4n) is 4.34. The second-order valence-corrected chi connectivity index (χ2v) is 8.58. The minimum Gasteiger partial charge on any atom is -0.490 e. The van der Waals surface area contributed by atoms with E-state index in [2.05, 4.69) is 0 Å². The Hall–Kier alpha value is -3.68. The number of ether oxygens (including phenoxy) is 5. The van der Waals surface area contributed by atoms with Crippen LogP contribution in [0.5, 0.6) is 23.0 Å². The van der Waals surface area contributed by atoms with Gasteiger partial charge in [0.2, 0.25) is 0 Å². The number of amides is 1. The van der Waals surface area contributed by atoms with Gasteiger partial charge >= 0.3 is 5.97 Å². The van der Waals surface area contributed by atoms with Gasteiger partial charge < -0.3 is 28.6 Å². The topological polar surface area (TPSA) is 83.5 Å². The van der Waals surface area contributed by atoms with Crippen LogP contribution in [-0.4, -0.2) is 56.4 Å². The molecule has 2 aliphatic rings. The number of likely N-dealkylation sites (tertiary alicyclic amines) is 1. The molecule has 1 saturated heterocycles. The van der Waals surface area contributed by atoms with Gasteiger partial charge in [0.15, 0.2) is 29.6 Å². The van der Waals surface area contributed by atoms with Crippen LogP contribution in [0.25, 0.3) is 6.08 Å². The molecule has 2 aromatic carbocycles. The fourth-order valence-corrected chi connectivity index (χ4v) is 4.34. The van der Waals surface area contributed by atoms with Crippen molar-refractivity contribution >= 4 is 18.0 Å². The Labute approximate surface area is 211 Å². The largest absolute Gasteiger partial charge is 0.490 e. The summed E-state index contributed by atoms with van der Waals surface area (Å²) in [7, 11) is 0. The molecule has 1 amide bonds. The zero-order valence-corrected chi connectivity index (χ0v) is 20.9. The quantitative estimate of drug-likeness (QED) is 0.353. The highest BCUT2D eigenvalue weighted by molar-refractivity contribution is 5.89. The molecule has 1 atom stereocenters. The average molecular weight is 496 g/mol. The number of hydrogen-bond donors (Lipinski definition) is 0. The molecule has 1 unspecified atom stereocenters. The second-order valence-electron chi connectivity index (χ2n) is 8.58. The van der Waals surface area contributed by atoms with Crippen LogP contribution in [0.4, 0.5) is 0 Å². The van der Waals surface area contributed by atoms with Crippen molar-refractivity contribution in [2.45, 2.75) is 39.2 Å². The summed E-state index contributed by atoms with van der Waals surface area (Å²) >= 11 is 0. The second kappa shape index (κ2) is 12.3. The first kappa shape index (κ1) is 25.4. The third kappa shape index (κ3) is 6.30. The Morgan fingerprint density at radius 3 is 2.67 bits per heavy atom. The molecule has 0 N–H and O–H groups in total. The van der Waals surface area contributed by atoms with Crippen molar-refractivity contribution < 1.29 is 33.3 Å². The summed E-state index contributed by atoms with van der Waals surface area (Å²) in [5.41, 5.74) is 1.76. The van der Waals surface area contributed by atoms with E-state index in [0.717, 1.165) is 36.1 Å². The van der Waals surface area contributed by atoms with E-state index in [1.165, 1.54) is 6.08 Å². The van der Waals surface area contributed by atoms with E-state index in [-0.39, 0.29) is 18.6 Å². The van der Waals surface area contributed by atoms with Gasteiger partial charge in [-0.3, -0.25) is 4.79 Å². The third-order valence-corrected chi connectivity index (χ3v) is 6.00. The number of carbonyl (C=O) groups excluding carboxylic acids is 2. The van der Waals surface area contributed by atoms with E-state index < -0.39 is 5.97 Å². The van der Waals surface area contributed by atoms with Gasteiger partial charge in [0.1, 0.15) is 13.2 Å².